The average molecular weight is 548 g/mol. The fourth-order valence-corrected chi connectivity index (χ4v) is 4.63. The molecule has 1 saturated carbocycles. The summed E-state index contributed by atoms with van der Waals surface area (Å²) in [7, 11) is 1.64. The van der Waals surface area contributed by atoms with Crippen LogP contribution < -0.4 is 20.7 Å². The molecule has 32 heavy (non-hydrogen) atoms. The van der Waals surface area contributed by atoms with Crippen molar-refractivity contribution in [1.29, 1.82) is 0 Å². The topological polar surface area (TPSA) is 74.8 Å². The van der Waals surface area contributed by atoms with Crippen LogP contribution in [-0.4, -0.2) is 31.1 Å². The molecule has 1 heterocycles. The third-order valence-electron chi connectivity index (χ3n) is 6.23. The maximum atomic E-state index is 11.7. The van der Waals surface area contributed by atoms with E-state index in [1.165, 1.54) is 18.4 Å². The van der Waals surface area contributed by atoms with E-state index in [2.05, 4.69) is 41.1 Å². The zero-order valence-electron chi connectivity index (χ0n) is 18.8. The van der Waals surface area contributed by atoms with Crippen molar-refractivity contribution < 1.29 is 9.53 Å². The molecule has 1 atom stereocenters. The number of carbonyl (C=O) groups is 1. The molecule has 1 spiro atoms. The Hall–Kier alpha value is -2.29. The van der Waals surface area contributed by atoms with Gasteiger partial charge in [-0.25, -0.2) is 4.99 Å². The molecule has 0 saturated heterocycles. The molecule has 1 fully saturated rings. The Morgan fingerprint density at radius 3 is 2.53 bits per heavy atom. The van der Waals surface area contributed by atoms with Crippen molar-refractivity contribution in [2.24, 2.45) is 4.99 Å². The number of rotatable bonds is 5. The van der Waals surface area contributed by atoms with Crippen LogP contribution in [0.5, 0.6) is 5.75 Å². The van der Waals surface area contributed by atoms with E-state index in [1.54, 1.807) is 7.05 Å². The predicted molar refractivity (Wildman–Crippen MR) is 139 cm³/mol. The van der Waals surface area contributed by atoms with Crippen molar-refractivity contribution in [3.8, 4) is 5.75 Å². The highest BCUT2D eigenvalue weighted by molar-refractivity contribution is 14.0. The van der Waals surface area contributed by atoms with Gasteiger partial charge in [0, 0.05) is 31.1 Å². The molecule has 0 bridgehead atoms. The highest BCUT2D eigenvalue weighted by atomic mass is 127. The lowest BCUT2D eigenvalue weighted by molar-refractivity contribution is 0.0396. The number of hydrogen-bond acceptors (Lipinski definition) is 3. The normalized spacial score (nSPS) is 18.8. The number of fused-ring (bicyclic) bond motifs is 1. The first-order valence-electron chi connectivity index (χ1n) is 11.3. The molecule has 2 aliphatic rings. The molecule has 6 nitrogen and oxygen atoms in total. The quantitative estimate of drug-likeness (QED) is 0.291. The van der Waals surface area contributed by atoms with Gasteiger partial charge in [-0.2, -0.15) is 0 Å². The number of aliphatic imine (C=N–C) groups is 1. The first kappa shape index (κ1) is 24.4. The summed E-state index contributed by atoms with van der Waals surface area (Å²) in [6.45, 7) is 3.41. The van der Waals surface area contributed by atoms with Gasteiger partial charge in [0.2, 0.25) is 0 Å². The number of para-hydroxylation sites is 1. The largest absolute Gasteiger partial charge is 0.487 e. The van der Waals surface area contributed by atoms with Gasteiger partial charge in [0.1, 0.15) is 11.4 Å². The van der Waals surface area contributed by atoms with Crippen LogP contribution in [0.3, 0.4) is 0 Å². The first-order chi connectivity index (χ1) is 15.1. The van der Waals surface area contributed by atoms with E-state index in [1.807, 2.05) is 30.3 Å². The van der Waals surface area contributed by atoms with Crippen LogP contribution in [0.25, 0.3) is 0 Å². The molecule has 0 radical (unpaired) electrons. The van der Waals surface area contributed by atoms with Crippen LogP contribution in [-0.2, 0) is 6.54 Å². The van der Waals surface area contributed by atoms with Crippen LogP contribution in [0.4, 0.5) is 0 Å². The second-order valence-electron chi connectivity index (χ2n) is 8.40. The molecule has 2 aromatic carbocycles. The minimum atomic E-state index is -0.0796. The third-order valence-corrected chi connectivity index (χ3v) is 6.23. The van der Waals surface area contributed by atoms with Gasteiger partial charge in [-0.05, 0) is 56.4 Å². The molecule has 2 aromatic rings. The Morgan fingerprint density at radius 1 is 1.12 bits per heavy atom. The zero-order valence-corrected chi connectivity index (χ0v) is 21.1. The van der Waals surface area contributed by atoms with E-state index < -0.39 is 0 Å². The number of carbonyl (C=O) groups excluding carboxylic acids is 1. The highest BCUT2D eigenvalue weighted by Crippen LogP contribution is 2.46. The Bertz CT molecular complexity index is 939. The summed E-state index contributed by atoms with van der Waals surface area (Å²) in [5.41, 5.74) is 2.85. The Morgan fingerprint density at radius 2 is 1.84 bits per heavy atom. The lowest BCUT2D eigenvalue weighted by atomic mass is 9.86. The number of benzene rings is 2. The summed E-state index contributed by atoms with van der Waals surface area (Å²) >= 11 is 0. The van der Waals surface area contributed by atoms with Crippen LogP contribution in [0, 0.1) is 0 Å². The van der Waals surface area contributed by atoms with Gasteiger partial charge in [-0.1, -0.05) is 30.3 Å². The van der Waals surface area contributed by atoms with E-state index in [0.717, 1.165) is 43.1 Å². The fraction of sp³-hybridized carbons (Fsp3) is 0.440. The number of ether oxygens (including phenoxy) is 1. The molecule has 0 aromatic heterocycles. The van der Waals surface area contributed by atoms with Gasteiger partial charge >= 0.3 is 0 Å². The third kappa shape index (κ3) is 5.54. The molecular weight excluding hydrogens is 515 g/mol. The van der Waals surface area contributed by atoms with E-state index in [-0.39, 0.29) is 41.5 Å². The van der Waals surface area contributed by atoms with Crippen molar-refractivity contribution in [1.82, 2.24) is 16.0 Å². The predicted octanol–water partition coefficient (Wildman–Crippen LogP) is 4.56. The van der Waals surface area contributed by atoms with Gasteiger partial charge in [0.05, 0.1) is 12.6 Å². The van der Waals surface area contributed by atoms with Gasteiger partial charge in [-0.15, -0.1) is 24.0 Å². The standard InChI is InChI=1S/C25H32N4O2.HI/c1-3-27-24(28-17-18-10-12-19(13-11-18)23(30)26-2)29-21-16-25(14-6-7-15-25)31-22-9-5-4-8-20(21)22;/h4-5,8-13,21H,3,6-7,14-17H2,1-2H3,(H,26,30)(H2,27,28,29);1H. The maximum Gasteiger partial charge on any atom is 0.251 e. The lowest BCUT2D eigenvalue weighted by Gasteiger charge is -2.40. The summed E-state index contributed by atoms with van der Waals surface area (Å²) in [5, 5.41) is 9.70. The van der Waals surface area contributed by atoms with Crippen LogP contribution >= 0.6 is 24.0 Å². The zero-order chi connectivity index (χ0) is 21.7. The van der Waals surface area contributed by atoms with E-state index in [0.29, 0.717) is 12.1 Å². The molecule has 7 heteroatoms. The number of amides is 1. The van der Waals surface area contributed by atoms with E-state index >= 15 is 0 Å². The van der Waals surface area contributed by atoms with Crippen molar-refractivity contribution in [3.05, 3.63) is 65.2 Å². The average Bonchev–Trinajstić information content (AvgIpc) is 3.24. The number of hydrogen-bond donors (Lipinski definition) is 3. The Balaban J connectivity index is 0.00000289. The number of nitrogens with one attached hydrogen (secondary N) is 3. The molecule has 172 valence electrons. The minimum Gasteiger partial charge on any atom is -0.487 e. The lowest BCUT2D eigenvalue weighted by Crippen LogP contribution is -2.46. The fourth-order valence-electron chi connectivity index (χ4n) is 4.63. The van der Waals surface area contributed by atoms with Crippen molar-refractivity contribution in [2.45, 2.75) is 57.2 Å². The molecule has 1 amide bonds. The van der Waals surface area contributed by atoms with Crippen LogP contribution in [0.2, 0.25) is 0 Å². The Kier molecular flexibility index (Phi) is 8.39. The smallest absolute Gasteiger partial charge is 0.251 e. The van der Waals surface area contributed by atoms with Crippen molar-refractivity contribution in [2.75, 3.05) is 13.6 Å². The maximum absolute atomic E-state index is 11.7. The first-order valence-corrected chi connectivity index (χ1v) is 11.3. The van der Waals surface area contributed by atoms with E-state index in [4.69, 9.17) is 9.73 Å². The molecule has 1 aliphatic carbocycles. The number of guanidine groups is 1. The SMILES string of the molecule is CCNC(=NCc1ccc(C(=O)NC)cc1)NC1CC2(CCCC2)Oc2ccccc21.I. The molecule has 4 rings (SSSR count). The second-order valence-corrected chi connectivity index (χ2v) is 8.40. The van der Waals surface area contributed by atoms with Gasteiger partial charge < -0.3 is 20.7 Å². The Labute approximate surface area is 207 Å². The summed E-state index contributed by atoms with van der Waals surface area (Å²) in [4.78, 5) is 16.5. The summed E-state index contributed by atoms with van der Waals surface area (Å²) in [5.74, 6) is 1.71. The molecule has 3 N–H and O–H groups in total. The van der Waals surface area contributed by atoms with Crippen LogP contribution in [0.15, 0.2) is 53.5 Å². The number of nitrogens with zero attached hydrogens (tertiary/aromatic N) is 1. The van der Waals surface area contributed by atoms with Gasteiger partial charge in [0.15, 0.2) is 5.96 Å². The summed E-state index contributed by atoms with van der Waals surface area (Å²) in [6, 6.07) is 16.1. The van der Waals surface area contributed by atoms with Crippen molar-refractivity contribution >= 4 is 35.8 Å². The van der Waals surface area contributed by atoms with Crippen molar-refractivity contribution in [3.63, 3.8) is 0 Å². The highest BCUT2D eigenvalue weighted by Gasteiger charge is 2.43. The minimum absolute atomic E-state index is 0. The van der Waals surface area contributed by atoms with Gasteiger partial charge in [0.25, 0.3) is 5.91 Å². The molecule has 1 unspecified atom stereocenters. The van der Waals surface area contributed by atoms with E-state index in [9.17, 15) is 4.79 Å². The van der Waals surface area contributed by atoms with Crippen LogP contribution in [0.1, 0.15) is 66.6 Å². The molecular formula is C25H33IN4O2. The second kappa shape index (κ2) is 11.0. The number of halogens is 1. The summed E-state index contributed by atoms with van der Waals surface area (Å²) < 4.78 is 6.49. The monoisotopic (exact) mass is 548 g/mol. The van der Waals surface area contributed by atoms with Gasteiger partial charge in [-0.3, -0.25) is 4.79 Å². The molecule has 1 aliphatic heterocycles. The summed E-state index contributed by atoms with van der Waals surface area (Å²) in [6.07, 6.45) is 5.65.